The van der Waals surface area contributed by atoms with Crippen molar-refractivity contribution in [2.45, 2.75) is 39.7 Å². The SMILES string of the molecule is Cc1ccc(COc2ccc3c(c2)CCC3)c(C)c1. The van der Waals surface area contributed by atoms with Gasteiger partial charge in [0.2, 0.25) is 0 Å². The van der Waals surface area contributed by atoms with Crippen molar-refractivity contribution in [1.82, 2.24) is 0 Å². The predicted molar refractivity (Wildman–Crippen MR) is 78.7 cm³/mol. The molecule has 3 rings (SSSR count). The van der Waals surface area contributed by atoms with E-state index in [1.54, 1.807) is 0 Å². The van der Waals surface area contributed by atoms with Crippen LogP contribution in [0.15, 0.2) is 36.4 Å². The fourth-order valence-electron chi connectivity index (χ4n) is 2.81. The number of hydrogen-bond acceptors (Lipinski definition) is 1. The quantitative estimate of drug-likeness (QED) is 0.788. The van der Waals surface area contributed by atoms with Crippen LogP contribution in [0.4, 0.5) is 0 Å². The van der Waals surface area contributed by atoms with Crippen LogP contribution in [0.2, 0.25) is 0 Å². The predicted octanol–water partition coefficient (Wildman–Crippen LogP) is 4.37. The smallest absolute Gasteiger partial charge is 0.120 e. The van der Waals surface area contributed by atoms with Crippen LogP contribution in [0.1, 0.15) is 34.2 Å². The van der Waals surface area contributed by atoms with Crippen LogP contribution in [0.25, 0.3) is 0 Å². The lowest BCUT2D eigenvalue weighted by molar-refractivity contribution is 0.305. The Balaban J connectivity index is 1.72. The first-order chi connectivity index (χ1) is 9.22. The summed E-state index contributed by atoms with van der Waals surface area (Å²) in [7, 11) is 0. The van der Waals surface area contributed by atoms with Crippen LogP contribution in [0.3, 0.4) is 0 Å². The van der Waals surface area contributed by atoms with E-state index in [2.05, 4.69) is 50.2 Å². The third-order valence-electron chi connectivity index (χ3n) is 3.96. The van der Waals surface area contributed by atoms with Crippen molar-refractivity contribution < 1.29 is 4.74 Å². The summed E-state index contributed by atoms with van der Waals surface area (Å²) in [6.45, 7) is 4.93. The molecule has 0 radical (unpaired) electrons. The highest BCUT2D eigenvalue weighted by molar-refractivity contribution is 5.38. The third kappa shape index (κ3) is 2.65. The minimum absolute atomic E-state index is 0.658. The molecule has 19 heavy (non-hydrogen) atoms. The van der Waals surface area contributed by atoms with Crippen LogP contribution in [0, 0.1) is 13.8 Å². The number of fused-ring (bicyclic) bond motifs is 1. The maximum Gasteiger partial charge on any atom is 0.120 e. The lowest BCUT2D eigenvalue weighted by atomic mass is 10.1. The van der Waals surface area contributed by atoms with Crippen molar-refractivity contribution in [1.29, 1.82) is 0 Å². The molecule has 1 nitrogen and oxygen atoms in total. The molecule has 98 valence electrons. The Kier molecular flexibility index (Phi) is 3.29. The van der Waals surface area contributed by atoms with Gasteiger partial charge in [0.1, 0.15) is 12.4 Å². The van der Waals surface area contributed by atoms with Crippen molar-refractivity contribution in [2.75, 3.05) is 0 Å². The van der Waals surface area contributed by atoms with Crippen molar-refractivity contribution in [3.8, 4) is 5.75 Å². The minimum atomic E-state index is 0.658. The molecule has 1 heteroatoms. The average Bonchev–Trinajstić information content (AvgIpc) is 2.85. The fraction of sp³-hybridized carbons (Fsp3) is 0.333. The summed E-state index contributed by atoms with van der Waals surface area (Å²) in [6.07, 6.45) is 3.72. The Morgan fingerprint density at radius 2 is 1.79 bits per heavy atom. The normalized spacial score (nSPS) is 13.4. The van der Waals surface area contributed by atoms with E-state index in [1.165, 1.54) is 47.1 Å². The maximum atomic E-state index is 5.94. The lowest BCUT2D eigenvalue weighted by Crippen LogP contribution is -1.98. The molecule has 0 unspecified atom stereocenters. The minimum Gasteiger partial charge on any atom is -0.489 e. The molecule has 0 aliphatic heterocycles. The third-order valence-corrected chi connectivity index (χ3v) is 3.96. The summed E-state index contributed by atoms with van der Waals surface area (Å²) >= 11 is 0. The summed E-state index contributed by atoms with van der Waals surface area (Å²) in [5.41, 5.74) is 6.85. The zero-order valence-electron chi connectivity index (χ0n) is 11.7. The highest BCUT2D eigenvalue weighted by Crippen LogP contribution is 2.26. The Morgan fingerprint density at radius 1 is 0.947 bits per heavy atom. The van der Waals surface area contributed by atoms with E-state index in [1.807, 2.05) is 0 Å². The number of aryl methyl sites for hydroxylation is 4. The topological polar surface area (TPSA) is 9.23 Å². The summed E-state index contributed by atoms with van der Waals surface area (Å²) in [4.78, 5) is 0. The van der Waals surface area contributed by atoms with Crippen LogP contribution in [0.5, 0.6) is 5.75 Å². The van der Waals surface area contributed by atoms with E-state index in [9.17, 15) is 0 Å². The van der Waals surface area contributed by atoms with Crippen molar-refractivity contribution in [3.05, 3.63) is 64.2 Å². The highest BCUT2D eigenvalue weighted by Gasteiger charge is 2.11. The molecule has 2 aromatic rings. The van der Waals surface area contributed by atoms with E-state index in [0.29, 0.717) is 6.61 Å². The molecule has 0 saturated carbocycles. The van der Waals surface area contributed by atoms with Gasteiger partial charge in [-0.15, -0.1) is 0 Å². The van der Waals surface area contributed by atoms with Crippen molar-refractivity contribution in [2.24, 2.45) is 0 Å². The van der Waals surface area contributed by atoms with Gasteiger partial charge in [0, 0.05) is 0 Å². The van der Waals surface area contributed by atoms with E-state index < -0.39 is 0 Å². The first-order valence-electron chi connectivity index (χ1n) is 7.03. The second kappa shape index (κ2) is 5.08. The average molecular weight is 252 g/mol. The Morgan fingerprint density at radius 3 is 2.63 bits per heavy atom. The van der Waals surface area contributed by atoms with Gasteiger partial charge in [0.25, 0.3) is 0 Å². The molecule has 2 aromatic carbocycles. The Hall–Kier alpha value is -1.76. The molecule has 1 aliphatic carbocycles. The van der Waals surface area contributed by atoms with Gasteiger partial charge in [0.15, 0.2) is 0 Å². The zero-order valence-corrected chi connectivity index (χ0v) is 11.7. The number of rotatable bonds is 3. The molecule has 0 fully saturated rings. The molecule has 1 aliphatic rings. The molecular formula is C18H20O. The zero-order chi connectivity index (χ0) is 13.2. The highest BCUT2D eigenvalue weighted by atomic mass is 16.5. The van der Waals surface area contributed by atoms with E-state index in [4.69, 9.17) is 4.74 Å². The van der Waals surface area contributed by atoms with Gasteiger partial charge in [-0.2, -0.15) is 0 Å². The molecule has 0 bridgehead atoms. The summed E-state index contributed by atoms with van der Waals surface area (Å²) in [5.74, 6) is 1.00. The van der Waals surface area contributed by atoms with Gasteiger partial charge < -0.3 is 4.74 Å². The summed E-state index contributed by atoms with van der Waals surface area (Å²) in [5, 5.41) is 0. The fourth-order valence-corrected chi connectivity index (χ4v) is 2.81. The van der Waals surface area contributed by atoms with Crippen molar-refractivity contribution >= 4 is 0 Å². The van der Waals surface area contributed by atoms with E-state index in [-0.39, 0.29) is 0 Å². The lowest BCUT2D eigenvalue weighted by Gasteiger charge is -2.10. The molecule has 0 N–H and O–H groups in total. The first kappa shape index (κ1) is 12.3. The Labute approximate surface area is 115 Å². The van der Waals surface area contributed by atoms with Gasteiger partial charge in [-0.05, 0) is 67.5 Å². The number of benzene rings is 2. The molecule has 0 heterocycles. The van der Waals surface area contributed by atoms with Gasteiger partial charge in [-0.1, -0.05) is 29.8 Å². The first-order valence-corrected chi connectivity index (χ1v) is 7.03. The molecule has 0 aromatic heterocycles. The van der Waals surface area contributed by atoms with Crippen LogP contribution < -0.4 is 4.74 Å². The largest absolute Gasteiger partial charge is 0.489 e. The second-order valence-electron chi connectivity index (χ2n) is 5.50. The Bertz CT molecular complexity index is 599. The van der Waals surface area contributed by atoms with Crippen LogP contribution in [-0.4, -0.2) is 0 Å². The number of ether oxygens (including phenoxy) is 1. The molecule has 0 atom stereocenters. The van der Waals surface area contributed by atoms with Gasteiger partial charge >= 0.3 is 0 Å². The van der Waals surface area contributed by atoms with Gasteiger partial charge in [-0.25, -0.2) is 0 Å². The molecule has 0 spiro atoms. The number of hydrogen-bond donors (Lipinski definition) is 0. The monoisotopic (exact) mass is 252 g/mol. The van der Waals surface area contributed by atoms with Crippen molar-refractivity contribution in [3.63, 3.8) is 0 Å². The molecule has 0 amide bonds. The second-order valence-corrected chi connectivity index (χ2v) is 5.50. The van der Waals surface area contributed by atoms with Gasteiger partial charge in [-0.3, -0.25) is 0 Å². The summed E-state index contributed by atoms with van der Waals surface area (Å²) in [6, 6.07) is 13.1. The standard InChI is InChI=1S/C18H20O/c1-13-6-7-17(14(2)10-13)12-19-18-9-8-15-4-3-5-16(15)11-18/h6-11H,3-5,12H2,1-2H3. The van der Waals surface area contributed by atoms with Gasteiger partial charge in [0.05, 0.1) is 0 Å². The van der Waals surface area contributed by atoms with Crippen LogP contribution in [-0.2, 0) is 19.4 Å². The maximum absolute atomic E-state index is 5.94. The van der Waals surface area contributed by atoms with E-state index >= 15 is 0 Å². The summed E-state index contributed by atoms with van der Waals surface area (Å²) < 4.78 is 5.94. The molecule has 0 saturated heterocycles. The van der Waals surface area contributed by atoms with E-state index in [0.717, 1.165) is 5.75 Å². The molecular weight excluding hydrogens is 232 g/mol. The van der Waals surface area contributed by atoms with Crippen LogP contribution >= 0.6 is 0 Å².